The molecule has 6 nitrogen and oxygen atoms in total. The van der Waals surface area contributed by atoms with Gasteiger partial charge in [-0.3, -0.25) is 4.79 Å². The zero-order valence-electron chi connectivity index (χ0n) is 13.0. The lowest BCUT2D eigenvalue weighted by atomic mass is 10.2. The molecule has 0 fully saturated rings. The highest BCUT2D eigenvalue weighted by molar-refractivity contribution is 6.34. The molecule has 0 heterocycles. The highest BCUT2D eigenvalue weighted by atomic mass is 35.5. The predicted molar refractivity (Wildman–Crippen MR) is 93.6 cm³/mol. The third-order valence-corrected chi connectivity index (χ3v) is 3.24. The van der Waals surface area contributed by atoms with E-state index >= 15 is 0 Å². The molecular formula is C17H16ClN3O3. The highest BCUT2D eigenvalue weighted by Crippen LogP contribution is 2.17. The van der Waals surface area contributed by atoms with E-state index in [0.717, 1.165) is 0 Å². The van der Waals surface area contributed by atoms with Crippen LogP contribution in [0.2, 0.25) is 5.02 Å². The van der Waals surface area contributed by atoms with Crippen LogP contribution in [0.3, 0.4) is 0 Å². The molecule has 0 radical (unpaired) electrons. The Morgan fingerprint density at radius 1 is 1.21 bits per heavy atom. The lowest BCUT2D eigenvalue weighted by Crippen LogP contribution is -2.18. The van der Waals surface area contributed by atoms with Gasteiger partial charge < -0.3 is 10.1 Å². The number of hydrazone groups is 1. The monoisotopic (exact) mass is 345 g/mol. The normalized spacial score (nSPS) is 10.4. The second-order valence-electron chi connectivity index (χ2n) is 4.65. The smallest absolute Gasteiger partial charge is 0.427 e. The molecule has 2 aromatic carbocycles. The molecule has 0 saturated heterocycles. The fourth-order valence-electron chi connectivity index (χ4n) is 1.86. The maximum atomic E-state index is 12.2. The molecule has 0 aliphatic heterocycles. The average molecular weight is 346 g/mol. The van der Waals surface area contributed by atoms with Gasteiger partial charge in [-0.15, -0.1) is 0 Å². The lowest BCUT2D eigenvalue weighted by Gasteiger charge is -2.07. The van der Waals surface area contributed by atoms with Crippen molar-refractivity contribution in [2.24, 2.45) is 5.10 Å². The van der Waals surface area contributed by atoms with Crippen molar-refractivity contribution in [1.82, 2.24) is 5.43 Å². The van der Waals surface area contributed by atoms with Gasteiger partial charge in [0, 0.05) is 5.69 Å². The van der Waals surface area contributed by atoms with Crippen molar-refractivity contribution in [3.05, 3.63) is 64.7 Å². The van der Waals surface area contributed by atoms with Crippen LogP contribution >= 0.6 is 11.6 Å². The zero-order valence-corrected chi connectivity index (χ0v) is 13.7. The summed E-state index contributed by atoms with van der Waals surface area (Å²) in [6.45, 7) is 1.97. The molecule has 2 rings (SSSR count). The van der Waals surface area contributed by atoms with Crippen molar-refractivity contribution in [2.75, 3.05) is 11.9 Å². The Hall–Kier alpha value is -2.86. The summed E-state index contributed by atoms with van der Waals surface area (Å²) in [5.74, 6) is -0.306. The van der Waals surface area contributed by atoms with Crippen LogP contribution in [0.5, 0.6) is 0 Å². The van der Waals surface area contributed by atoms with Gasteiger partial charge in [0.2, 0.25) is 0 Å². The van der Waals surface area contributed by atoms with E-state index in [0.29, 0.717) is 21.8 Å². The van der Waals surface area contributed by atoms with Crippen LogP contribution in [0.25, 0.3) is 0 Å². The predicted octanol–water partition coefficient (Wildman–Crippen LogP) is 3.67. The van der Waals surface area contributed by atoms with Gasteiger partial charge in [-0.2, -0.15) is 5.10 Å². The van der Waals surface area contributed by atoms with E-state index in [1.165, 1.54) is 6.21 Å². The Labute approximate surface area is 144 Å². The standard InChI is InChI=1S/C17H16ClN3O3/c1-2-24-17(23)21-19-11-12-6-5-7-13(10-12)20-16(22)14-8-3-4-9-15(14)18/h3-11H,2H2,1H3,(H,20,22)(H,21,23)/b19-11+. The maximum absolute atomic E-state index is 12.2. The van der Waals surface area contributed by atoms with E-state index in [4.69, 9.17) is 11.6 Å². The number of nitrogens with zero attached hydrogens (tertiary/aromatic N) is 1. The van der Waals surface area contributed by atoms with Crippen LogP contribution < -0.4 is 10.7 Å². The van der Waals surface area contributed by atoms with Crippen LogP contribution in [0.15, 0.2) is 53.6 Å². The molecular weight excluding hydrogens is 330 g/mol. The molecule has 2 aromatic rings. The first kappa shape index (κ1) is 17.5. The molecule has 0 unspecified atom stereocenters. The Balaban J connectivity index is 2.02. The van der Waals surface area contributed by atoms with Crippen molar-refractivity contribution >= 4 is 35.5 Å². The van der Waals surface area contributed by atoms with Crippen LogP contribution in [0, 0.1) is 0 Å². The van der Waals surface area contributed by atoms with Gasteiger partial charge in [0.25, 0.3) is 5.91 Å². The summed E-state index contributed by atoms with van der Waals surface area (Å²) >= 11 is 6.01. The number of hydrogen-bond donors (Lipinski definition) is 2. The summed E-state index contributed by atoms with van der Waals surface area (Å²) in [5.41, 5.74) is 3.90. The van der Waals surface area contributed by atoms with Crippen molar-refractivity contribution in [3.63, 3.8) is 0 Å². The van der Waals surface area contributed by atoms with E-state index in [9.17, 15) is 9.59 Å². The van der Waals surface area contributed by atoms with Gasteiger partial charge in [-0.1, -0.05) is 35.9 Å². The summed E-state index contributed by atoms with van der Waals surface area (Å²) in [6, 6.07) is 13.8. The molecule has 124 valence electrons. The van der Waals surface area contributed by atoms with Crippen LogP contribution in [-0.4, -0.2) is 24.8 Å². The van der Waals surface area contributed by atoms with Gasteiger partial charge in [0.15, 0.2) is 0 Å². The van der Waals surface area contributed by atoms with Crippen LogP contribution in [0.4, 0.5) is 10.5 Å². The summed E-state index contributed by atoms with van der Waals surface area (Å²) in [6.07, 6.45) is 0.819. The van der Waals surface area contributed by atoms with Crippen LogP contribution in [-0.2, 0) is 4.74 Å². The van der Waals surface area contributed by atoms with Crippen molar-refractivity contribution < 1.29 is 14.3 Å². The minimum absolute atomic E-state index is 0.269. The Morgan fingerprint density at radius 2 is 2.00 bits per heavy atom. The Kier molecular flexibility index (Phi) is 6.33. The summed E-state index contributed by atoms with van der Waals surface area (Å²) in [4.78, 5) is 23.3. The number of rotatable bonds is 5. The highest BCUT2D eigenvalue weighted by Gasteiger charge is 2.09. The second kappa shape index (κ2) is 8.69. The number of anilines is 1. The zero-order chi connectivity index (χ0) is 17.4. The van der Waals surface area contributed by atoms with Gasteiger partial charge in [0.05, 0.1) is 23.4 Å². The van der Waals surface area contributed by atoms with E-state index in [1.807, 2.05) is 0 Å². The number of hydrogen-bond acceptors (Lipinski definition) is 4. The number of benzene rings is 2. The summed E-state index contributed by atoms with van der Waals surface area (Å²) < 4.78 is 4.68. The maximum Gasteiger partial charge on any atom is 0.427 e. The van der Waals surface area contributed by atoms with E-state index in [1.54, 1.807) is 55.5 Å². The van der Waals surface area contributed by atoms with Gasteiger partial charge in [-0.05, 0) is 36.8 Å². The third kappa shape index (κ3) is 5.10. The molecule has 0 aromatic heterocycles. The number of ether oxygens (including phenoxy) is 1. The van der Waals surface area contributed by atoms with E-state index in [-0.39, 0.29) is 12.5 Å². The molecule has 0 aliphatic carbocycles. The first-order valence-corrected chi connectivity index (χ1v) is 7.59. The van der Waals surface area contributed by atoms with E-state index in [2.05, 4.69) is 20.6 Å². The molecule has 7 heteroatoms. The molecule has 24 heavy (non-hydrogen) atoms. The largest absolute Gasteiger partial charge is 0.449 e. The fourth-order valence-corrected chi connectivity index (χ4v) is 2.08. The van der Waals surface area contributed by atoms with Crippen molar-refractivity contribution in [3.8, 4) is 0 Å². The van der Waals surface area contributed by atoms with Gasteiger partial charge in [-0.25, -0.2) is 10.2 Å². The number of halogens is 1. The van der Waals surface area contributed by atoms with Crippen LogP contribution in [0.1, 0.15) is 22.8 Å². The SMILES string of the molecule is CCOC(=O)N/N=C/c1cccc(NC(=O)c2ccccc2Cl)c1. The molecule has 0 aliphatic rings. The number of carbonyl (C=O) groups excluding carboxylic acids is 2. The molecule has 0 saturated carbocycles. The average Bonchev–Trinajstić information content (AvgIpc) is 2.56. The number of carbonyl (C=O) groups is 2. The number of nitrogens with one attached hydrogen (secondary N) is 2. The first-order chi connectivity index (χ1) is 11.6. The summed E-state index contributed by atoms with van der Waals surface area (Å²) in [5, 5.41) is 6.91. The minimum Gasteiger partial charge on any atom is -0.449 e. The Morgan fingerprint density at radius 3 is 2.75 bits per heavy atom. The van der Waals surface area contributed by atoms with Gasteiger partial charge >= 0.3 is 6.09 Å². The lowest BCUT2D eigenvalue weighted by molar-refractivity contribution is 0.102. The Bertz CT molecular complexity index is 762. The quantitative estimate of drug-likeness (QED) is 0.641. The molecule has 0 bridgehead atoms. The fraction of sp³-hybridized carbons (Fsp3) is 0.118. The number of amides is 2. The van der Waals surface area contributed by atoms with Gasteiger partial charge in [0.1, 0.15) is 0 Å². The molecule has 0 atom stereocenters. The minimum atomic E-state index is -0.628. The molecule has 2 amide bonds. The first-order valence-electron chi connectivity index (χ1n) is 7.22. The summed E-state index contributed by atoms with van der Waals surface area (Å²) in [7, 11) is 0. The second-order valence-corrected chi connectivity index (χ2v) is 5.06. The topological polar surface area (TPSA) is 79.8 Å². The third-order valence-electron chi connectivity index (χ3n) is 2.91. The molecule has 0 spiro atoms. The van der Waals surface area contributed by atoms with Crippen molar-refractivity contribution in [2.45, 2.75) is 6.92 Å². The van der Waals surface area contributed by atoms with E-state index < -0.39 is 6.09 Å². The molecule has 2 N–H and O–H groups in total. The van der Waals surface area contributed by atoms with Crippen molar-refractivity contribution in [1.29, 1.82) is 0 Å².